The van der Waals surface area contributed by atoms with E-state index < -0.39 is 0 Å². The van der Waals surface area contributed by atoms with Gasteiger partial charge in [-0.05, 0) is 80.5 Å². The van der Waals surface area contributed by atoms with E-state index in [1.165, 1.54) is 31.4 Å². The summed E-state index contributed by atoms with van der Waals surface area (Å²) in [6.45, 7) is 4.11. The Morgan fingerprint density at radius 3 is 2.85 bits per heavy atom. The molecule has 0 bridgehead atoms. The predicted octanol–water partition coefficient (Wildman–Crippen LogP) is 4.07. The van der Waals surface area contributed by atoms with Gasteiger partial charge in [-0.15, -0.1) is 0 Å². The molecule has 1 aliphatic carbocycles. The van der Waals surface area contributed by atoms with Crippen molar-refractivity contribution in [3.05, 3.63) is 53.3 Å². The molecule has 2 aliphatic heterocycles. The molecule has 0 spiro atoms. The zero-order valence-corrected chi connectivity index (χ0v) is 20.5. The second-order valence-corrected chi connectivity index (χ2v) is 11.0. The Labute approximate surface area is 206 Å². The lowest BCUT2D eigenvalue weighted by Gasteiger charge is -2.39. The Balaban J connectivity index is 1.33. The van der Waals surface area contributed by atoms with Crippen LogP contribution >= 0.6 is 11.6 Å². The summed E-state index contributed by atoms with van der Waals surface area (Å²) >= 11 is 6.43. The van der Waals surface area contributed by atoms with Gasteiger partial charge in [0.25, 0.3) is 0 Å². The lowest BCUT2D eigenvalue weighted by Crippen LogP contribution is -2.58. The number of carbonyl (C=O) groups excluding carboxylic acids is 1. The minimum Gasteiger partial charge on any atom is -0.350 e. The zero-order chi connectivity index (χ0) is 23.7. The maximum absolute atomic E-state index is 13.7. The van der Waals surface area contributed by atoms with Crippen molar-refractivity contribution in [2.24, 2.45) is 17.8 Å². The monoisotopic (exact) mass is 487 g/mol. The van der Waals surface area contributed by atoms with Crippen molar-refractivity contribution in [1.29, 1.82) is 0 Å². The molecule has 184 valence electrons. The van der Waals surface area contributed by atoms with Crippen molar-refractivity contribution in [3.63, 3.8) is 0 Å². The Bertz CT molecular complexity index is 982. The van der Waals surface area contributed by atoms with E-state index in [1.54, 1.807) is 12.3 Å². The van der Waals surface area contributed by atoms with Crippen LogP contribution in [0.2, 0.25) is 5.02 Å². The molecule has 34 heavy (non-hydrogen) atoms. The third-order valence-corrected chi connectivity index (χ3v) is 8.12. The number of piperidine rings is 2. The van der Waals surface area contributed by atoms with E-state index in [0.29, 0.717) is 22.9 Å². The van der Waals surface area contributed by atoms with Crippen LogP contribution in [0.15, 0.2) is 36.9 Å². The molecule has 6 nitrogen and oxygen atoms in total. The largest absolute Gasteiger partial charge is 0.350 e. The van der Waals surface area contributed by atoms with Gasteiger partial charge in [0.15, 0.2) is 0 Å². The van der Waals surface area contributed by atoms with Gasteiger partial charge in [0.05, 0.1) is 12.4 Å². The summed E-state index contributed by atoms with van der Waals surface area (Å²) in [5.41, 5.74) is 0.845. The average molecular weight is 488 g/mol. The molecule has 3 aliphatic rings. The minimum absolute atomic E-state index is 0.0653. The molecule has 1 aromatic carbocycles. The second kappa shape index (κ2) is 10.3. The van der Waals surface area contributed by atoms with E-state index >= 15 is 0 Å². The first-order chi connectivity index (χ1) is 16.5. The molecule has 3 fully saturated rings. The molecule has 3 N–H and O–H groups in total. The standard InChI is InChI=1S/C26H35ClFN5O/c1-16-6-7-30-23(10-16)25(18-2-3-18)32-26(34)24-12-17(14-33-9-8-29-15-33)11-22(31-24)20-5-4-19(28)13-21(20)27/h4-5,8-9,13,15-18,22-25,30-31H,2-3,6-7,10-12,14H2,1H3,(H,32,34). The van der Waals surface area contributed by atoms with Crippen LogP contribution in [-0.4, -0.2) is 40.1 Å². The van der Waals surface area contributed by atoms with Crippen LogP contribution in [0, 0.1) is 23.6 Å². The Hall–Kier alpha value is -1.96. The number of nitrogens with one attached hydrogen (secondary N) is 3. The molecular formula is C26H35ClFN5O. The first kappa shape index (κ1) is 23.8. The minimum atomic E-state index is -0.352. The van der Waals surface area contributed by atoms with E-state index in [4.69, 9.17) is 11.6 Å². The Morgan fingerprint density at radius 1 is 1.29 bits per heavy atom. The van der Waals surface area contributed by atoms with Gasteiger partial charge in [0.2, 0.25) is 5.91 Å². The van der Waals surface area contributed by atoms with Gasteiger partial charge in [0, 0.05) is 42.1 Å². The molecule has 0 radical (unpaired) electrons. The number of halogens is 2. The van der Waals surface area contributed by atoms with Crippen molar-refractivity contribution >= 4 is 17.5 Å². The fourth-order valence-corrected chi connectivity index (χ4v) is 6.16. The van der Waals surface area contributed by atoms with Gasteiger partial charge >= 0.3 is 0 Å². The summed E-state index contributed by atoms with van der Waals surface area (Å²) in [4.78, 5) is 17.8. The summed E-state index contributed by atoms with van der Waals surface area (Å²) < 4.78 is 15.8. The Morgan fingerprint density at radius 2 is 2.15 bits per heavy atom. The summed E-state index contributed by atoms with van der Waals surface area (Å²) in [6, 6.07) is 4.62. The average Bonchev–Trinajstić information content (AvgIpc) is 3.53. The van der Waals surface area contributed by atoms with E-state index in [1.807, 2.05) is 12.5 Å². The molecule has 1 saturated carbocycles. The van der Waals surface area contributed by atoms with Crippen molar-refractivity contribution in [2.75, 3.05) is 6.54 Å². The number of aromatic nitrogens is 2. The maximum Gasteiger partial charge on any atom is 0.237 e. The normalized spacial score (nSPS) is 30.6. The van der Waals surface area contributed by atoms with Gasteiger partial charge in [-0.3, -0.25) is 10.1 Å². The third kappa shape index (κ3) is 5.64. The first-order valence-electron chi connectivity index (χ1n) is 12.7. The molecule has 2 saturated heterocycles. The predicted molar refractivity (Wildman–Crippen MR) is 131 cm³/mol. The van der Waals surface area contributed by atoms with Crippen molar-refractivity contribution in [3.8, 4) is 0 Å². The van der Waals surface area contributed by atoms with E-state index in [-0.39, 0.29) is 35.8 Å². The van der Waals surface area contributed by atoms with Gasteiger partial charge in [0.1, 0.15) is 5.82 Å². The number of nitrogens with zero attached hydrogens (tertiary/aromatic N) is 2. The smallest absolute Gasteiger partial charge is 0.237 e. The summed E-state index contributed by atoms with van der Waals surface area (Å²) in [5.74, 6) is 1.23. The topological polar surface area (TPSA) is 71.0 Å². The highest BCUT2D eigenvalue weighted by atomic mass is 35.5. The number of hydrogen-bond acceptors (Lipinski definition) is 4. The molecule has 1 aromatic heterocycles. The van der Waals surface area contributed by atoms with Gasteiger partial charge in [-0.1, -0.05) is 24.6 Å². The molecule has 2 aromatic rings. The second-order valence-electron chi connectivity index (χ2n) is 10.6. The molecule has 8 heteroatoms. The van der Waals surface area contributed by atoms with E-state index in [2.05, 4.69) is 32.4 Å². The van der Waals surface area contributed by atoms with Crippen molar-refractivity contribution < 1.29 is 9.18 Å². The molecule has 5 rings (SSSR count). The zero-order valence-electron chi connectivity index (χ0n) is 19.7. The molecule has 3 heterocycles. The van der Waals surface area contributed by atoms with Crippen LogP contribution in [0.5, 0.6) is 0 Å². The van der Waals surface area contributed by atoms with Gasteiger partial charge in [-0.2, -0.15) is 0 Å². The molecule has 6 unspecified atom stereocenters. The highest BCUT2D eigenvalue weighted by Crippen LogP contribution is 2.38. The molecule has 6 atom stereocenters. The van der Waals surface area contributed by atoms with E-state index in [9.17, 15) is 9.18 Å². The fraction of sp³-hybridized carbons (Fsp3) is 0.615. The highest BCUT2D eigenvalue weighted by Gasteiger charge is 2.41. The number of amides is 1. The van der Waals surface area contributed by atoms with Crippen molar-refractivity contribution in [1.82, 2.24) is 25.5 Å². The highest BCUT2D eigenvalue weighted by molar-refractivity contribution is 6.31. The van der Waals surface area contributed by atoms with Crippen LogP contribution in [0.4, 0.5) is 4.39 Å². The number of imidazole rings is 1. The van der Waals surface area contributed by atoms with Crippen LogP contribution in [0.3, 0.4) is 0 Å². The SMILES string of the molecule is CC1CCNC(C(NC(=O)C2CC(Cn3ccnc3)CC(c3ccc(F)cc3Cl)N2)C2CC2)C1. The van der Waals surface area contributed by atoms with Crippen LogP contribution in [0.1, 0.15) is 57.1 Å². The quantitative estimate of drug-likeness (QED) is 0.550. The number of carbonyl (C=O) groups is 1. The summed E-state index contributed by atoms with van der Waals surface area (Å²) in [7, 11) is 0. The van der Waals surface area contributed by atoms with Crippen LogP contribution < -0.4 is 16.0 Å². The maximum atomic E-state index is 13.7. The lowest BCUT2D eigenvalue weighted by molar-refractivity contribution is -0.125. The van der Waals surface area contributed by atoms with Gasteiger partial charge < -0.3 is 15.2 Å². The first-order valence-corrected chi connectivity index (χ1v) is 13.0. The summed E-state index contributed by atoms with van der Waals surface area (Å²) in [5, 5.41) is 11.1. The van der Waals surface area contributed by atoms with Gasteiger partial charge in [-0.25, -0.2) is 9.37 Å². The van der Waals surface area contributed by atoms with Crippen LogP contribution in [0.25, 0.3) is 0 Å². The van der Waals surface area contributed by atoms with E-state index in [0.717, 1.165) is 37.9 Å². The summed E-state index contributed by atoms with van der Waals surface area (Å²) in [6.07, 6.45) is 11.8. The third-order valence-electron chi connectivity index (χ3n) is 7.80. The fourth-order valence-electron chi connectivity index (χ4n) is 5.86. The number of rotatable bonds is 7. The number of benzene rings is 1. The Kier molecular flexibility index (Phi) is 7.23. The number of hydrogen-bond donors (Lipinski definition) is 3. The van der Waals surface area contributed by atoms with Crippen molar-refractivity contribution in [2.45, 2.75) is 76.2 Å². The molecular weight excluding hydrogens is 453 g/mol. The molecule has 1 amide bonds. The van der Waals surface area contributed by atoms with Crippen LogP contribution in [-0.2, 0) is 11.3 Å². The lowest BCUT2D eigenvalue weighted by atomic mass is 9.84.